The molecule has 1 saturated heterocycles. The third kappa shape index (κ3) is 4.17. The lowest BCUT2D eigenvalue weighted by molar-refractivity contribution is 0.319. The molecule has 0 unspecified atom stereocenters. The third-order valence-corrected chi connectivity index (χ3v) is 8.84. The zero-order valence-electron chi connectivity index (χ0n) is 20.0. The van der Waals surface area contributed by atoms with Gasteiger partial charge < -0.3 is 4.98 Å². The fourth-order valence-corrected chi connectivity index (χ4v) is 6.67. The third-order valence-electron chi connectivity index (χ3n) is 6.93. The highest BCUT2D eigenvalue weighted by Gasteiger charge is 2.30. The highest BCUT2D eigenvalue weighted by molar-refractivity contribution is 7.89. The summed E-state index contributed by atoms with van der Waals surface area (Å²) in [5, 5.41) is 1.26. The minimum atomic E-state index is -3.43. The quantitative estimate of drug-likeness (QED) is 0.374. The van der Waals surface area contributed by atoms with E-state index >= 15 is 0 Å². The van der Waals surface area contributed by atoms with Crippen molar-refractivity contribution in [1.29, 1.82) is 0 Å². The molecule has 0 radical (unpaired) electrons. The van der Waals surface area contributed by atoms with Crippen LogP contribution in [-0.2, 0) is 10.0 Å². The monoisotopic (exact) mass is 473 g/mol. The molecule has 0 spiro atoms. The maximum absolute atomic E-state index is 13.0. The van der Waals surface area contributed by atoms with Crippen molar-refractivity contribution in [1.82, 2.24) is 14.3 Å². The predicted octanol–water partition coefficient (Wildman–Crippen LogP) is 6.23. The summed E-state index contributed by atoms with van der Waals surface area (Å²) in [4.78, 5) is 8.38. The van der Waals surface area contributed by atoms with Crippen LogP contribution in [0.25, 0.3) is 22.2 Å². The van der Waals surface area contributed by atoms with Crippen LogP contribution in [0.2, 0.25) is 0 Å². The molecule has 5 nitrogen and oxygen atoms in total. The summed E-state index contributed by atoms with van der Waals surface area (Å²) in [6, 6.07) is 19.7. The summed E-state index contributed by atoms with van der Waals surface area (Å²) >= 11 is 0. The molecular weight excluding hydrogens is 442 g/mol. The van der Waals surface area contributed by atoms with Gasteiger partial charge in [-0.05, 0) is 79.1 Å². The van der Waals surface area contributed by atoms with Crippen molar-refractivity contribution < 1.29 is 8.42 Å². The van der Waals surface area contributed by atoms with E-state index in [2.05, 4.69) is 54.1 Å². The lowest BCUT2D eigenvalue weighted by Crippen LogP contribution is -2.37. The van der Waals surface area contributed by atoms with Crippen molar-refractivity contribution in [3.63, 3.8) is 0 Å². The van der Waals surface area contributed by atoms with E-state index in [0.29, 0.717) is 29.8 Å². The van der Waals surface area contributed by atoms with E-state index in [-0.39, 0.29) is 0 Å². The molecule has 1 fully saturated rings. The molecule has 5 rings (SSSR count). The van der Waals surface area contributed by atoms with Crippen molar-refractivity contribution in [2.45, 2.75) is 50.3 Å². The molecule has 0 atom stereocenters. The van der Waals surface area contributed by atoms with Crippen LogP contribution in [0.4, 0.5) is 0 Å². The first-order chi connectivity index (χ1) is 16.3. The van der Waals surface area contributed by atoms with Crippen molar-refractivity contribution in [2.24, 2.45) is 0 Å². The van der Waals surface area contributed by atoms with Gasteiger partial charge in [-0.2, -0.15) is 4.31 Å². The Morgan fingerprint density at radius 3 is 2.41 bits per heavy atom. The van der Waals surface area contributed by atoms with Crippen LogP contribution in [-0.4, -0.2) is 35.8 Å². The van der Waals surface area contributed by atoms with E-state index in [9.17, 15) is 8.42 Å². The normalized spacial score (nSPS) is 15.9. The van der Waals surface area contributed by atoms with E-state index < -0.39 is 10.0 Å². The van der Waals surface area contributed by atoms with Gasteiger partial charge in [-0.25, -0.2) is 8.42 Å². The number of rotatable bonds is 5. The molecule has 0 saturated carbocycles. The van der Waals surface area contributed by atoms with E-state index in [0.717, 1.165) is 35.3 Å². The number of sulfonamides is 1. The molecule has 176 valence electrons. The van der Waals surface area contributed by atoms with Gasteiger partial charge in [-0.15, -0.1) is 0 Å². The zero-order chi connectivity index (χ0) is 23.9. The molecule has 1 aliphatic rings. The second kappa shape index (κ2) is 9.01. The number of aromatic amines is 1. The van der Waals surface area contributed by atoms with Gasteiger partial charge in [0.2, 0.25) is 10.0 Å². The highest BCUT2D eigenvalue weighted by Crippen LogP contribution is 2.38. The number of hydrogen-bond acceptors (Lipinski definition) is 3. The van der Waals surface area contributed by atoms with Gasteiger partial charge in [0.15, 0.2) is 0 Å². The molecule has 2 aromatic heterocycles. The van der Waals surface area contributed by atoms with E-state index in [1.165, 1.54) is 16.5 Å². The van der Waals surface area contributed by atoms with Gasteiger partial charge in [0, 0.05) is 41.4 Å². The standard InChI is InChI=1S/C28H31N3O2S/c1-19(2)27-25-18-22(9-10-26(25)30-28(27)23-11-14-29-20(3)17-23)21-12-15-31(16-13-21)34(32,33)24-7-5-4-6-8-24/h4-11,14,17-19,21,30H,12-13,15-16H2,1-3H3. The van der Waals surface area contributed by atoms with Gasteiger partial charge >= 0.3 is 0 Å². The molecule has 34 heavy (non-hydrogen) atoms. The number of benzene rings is 2. The first kappa shape index (κ1) is 22.8. The molecule has 2 aromatic carbocycles. The molecular formula is C28H31N3O2S. The SMILES string of the molecule is Cc1cc(-c2[nH]c3ccc(C4CCN(S(=O)(=O)c5ccccc5)CC4)cc3c2C(C)C)ccn1. The topological polar surface area (TPSA) is 66.1 Å². The average molecular weight is 474 g/mol. The Morgan fingerprint density at radius 1 is 1.00 bits per heavy atom. The van der Waals surface area contributed by atoms with Crippen LogP contribution in [0.3, 0.4) is 0 Å². The maximum Gasteiger partial charge on any atom is 0.243 e. The Balaban J connectivity index is 1.43. The summed E-state index contributed by atoms with van der Waals surface area (Å²) in [5.41, 5.74) is 7.09. The fourth-order valence-electron chi connectivity index (χ4n) is 5.18. The second-order valence-corrected chi connectivity index (χ2v) is 11.5. The van der Waals surface area contributed by atoms with Crippen LogP contribution in [0, 0.1) is 6.92 Å². The molecule has 0 bridgehead atoms. The summed E-state index contributed by atoms with van der Waals surface area (Å²) in [5.74, 6) is 0.721. The molecule has 1 N–H and O–H groups in total. The predicted molar refractivity (Wildman–Crippen MR) is 138 cm³/mol. The van der Waals surface area contributed by atoms with Crippen LogP contribution in [0.15, 0.2) is 71.8 Å². The summed E-state index contributed by atoms with van der Waals surface area (Å²) in [6.45, 7) is 7.58. The van der Waals surface area contributed by atoms with Crippen molar-refractivity contribution >= 4 is 20.9 Å². The minimum Gasteiger partial charge on any atom is -0.354 e. The fraction of sp³-hybridized carbons (Fsp3) is 0.321. The number of aromatic nitrogens is 2. The Kier molecular flexibility index (Phi) is 6.04. The number of nitrogens with zero attached hydrogens (tertiary/aromatic N) is 2. The summed E-state index contributed by atoms with van der Waals surface area (Å²) in [6.07, 6.45) is 3.52. The van der Waals surface area contributed by atoms with Gasteiger partial charge in [0.05, 0.1) is 10.6 Å². The summed E-state index contributed by atoms with van der Waals surface area (Å²) in [7, 11) is -3.43. The maximum atomic E-state index is 13.0. The first-order valence-electron chi connectivity index (χ1n) is 12.0. The zero-order valence-corrected chi connectivity index (χ0v) is 20.8. The number of H-pyrrole nitrogens is 1. The number of piperidine rings is 1. The second-order valence-electron chi connectivity index (χ2n) is 9.55. The van der Waals surface area contributed by atoms with E-state index in [4.69, 9.17) is 0 Å². The molecule has 0 aliphatic carbocycles. The van der Waals surface area contributed by atoms with E-state index in [1.54, 1.807) is 28.6 Å². The van der Waals surface area contributed by atoms with Crippen LogP contribution < -0.4 is 0 Å². The van der Waals surface area contributed by atoms with Gasteiger partial charge in [-0.3, -0.25) is 4.98 Å². The van der Waals surface area contributed by atoms with Crippen molar-refractivity contribution in [2.75, 3.05) is 13.1 Å². The number of hydrogen-bond donors (Lipinski definition) is 1. The number of pyridine rings is 1. The molecule has 3 heterocycles. The average Bonchev–Trinajstić information content (AvgIpc) is 3.24. The number of aryl methyl sites for hydroxylation is 1. The van der Waals surface area contributed by atoms with Crippen LogP contribution >= 0.6 is 0 Å². The molecule has 4 aromatic rings. The lowest BCUT2D eigenvalue weighted by atomic mass is 9.88. The van der Waals surface area contributed by atoms with Gasteiger partial charge in [0.1, 0.15) is 0 Å². The highest BCUT2D eigenvalue weighted by atomic mass is 32.2. The van der Waals surface area contributed by atoms with Gasteiger partial charge in [0.25, 0.3) is 0 Å². The van der Waals surface area contributed by atoms with Crippen LogP contribution in [0.5, 0.6) is 0 Å². The molecule has 1 aliphatic heterocycles. The van der Waals surface area contributed by atoms with Gasteiger partial charge in [-0.1, -0.05) is 38.1 Å². The Morgan fingerprint density at radius 2 is 1.74 bits per heavy atom. The Bertz CT molecular complexity index is 1420. The smallest absolute Gasteiger partial charge is 0.243 e. The van der Waals surface area contributed by atoms with Crippen molar-refractivity contribution in [3.8, 4) is 11.3 Å². The Hall–Kier alpha value is -2.96. The first-order valence-corrected chi connectivity index (χ1v) is 13.4. The largest absolute Gasteiger partial charge is 0.354 e. The minimum absolute atomic E-state index is 0.355. The van der Waals surface area contributed by atoms with E-state index in [1.807, 2.05) is 19.2 Å². The summed E-state index contributed by atoms with van der Waals surface area (Å²) < 4.78 is 27.6. The Labute approximate surface area is 201 Å². The molecule has 6 heteroatoms. The molecule has 0 amide bonds. The lowest BCUT2D eigenvalue weighted by Gasteiger charge is -2.31. The number of nitrogens with one attached hydrogen (secondary N) is 1. The van der Waals surface area contributed by atoms with Crippen molar-refractivity contribution in [3.05, 3.63) is 83.7 Å². The number of fused-ring (bicyclic) bond motifs is 1. The van der Waals surface area contributed by atoms with Crippen LogP contribution in [0.1, 0.15) is 55.3 Å².